The maximum absolute atomic E-state index is 11.5. The van der Waals surface area contributed by atoms with E-state index < -0.39 is 0 Å². The van der Waals surface area contributed by atoms with Crippen LogP contribution in [0, 0.1) is 0 Å². The summed E-state index contributed by atoms with van der Waals surface area (Å²) in [5.74, 6) is -0.272. The van der Waals surface area contributed by atoms with Gasteiger partial charge in [-0.3, -0.25) is 10.1 Å². The van der Waals surface area contributed by atoms with Crippen molar-refractivity contribution in [1.29, 1.82) is 0 Å². The number of rotatable bonds is 9. The van der Waals surface area contributed by atoms with E-state index >= 15 is 0 Å². The van der Waals surface area contributed by atoms with Crippen LogP contribution in [0.1, 0.15) is 26.2 Å². The summed E-state index contributed by atoms with van der Waals surface area (Å²) in [5, 5.41) is 14.0. The average Bonchev–Trinajstić information content (AvgIpc) is 2.28. The maximum Gasteiger partial charge on any atom is 0.323 e. The van der Waals surface area contributed by atoms with Gasteiger partial charge in [-0.2, -0.15) is 0 Å². The Labute approximate surface area is 120 Å². The van der Waals surface area contributed by atoms with Crippen LogP contribution in [-0.2, 0) is 9.53 Å². The van der Waals surface area contributed by atoms with Crippen LogP contribution >= 0.6 is 24.8 Å². The summed E-state index contributed by atoms with van der Waals surface area (Å²) in [6.45, 7) is 3.09. The highest BCUT2D eigenvalue weighted by molar-refractivity contribution is 5.85. The molecule has 0 saturated carbocycles. The van der Waals surface area contributed by atoms with E-state index in [4.69, 9.17) is 15.7 Å². The second-order valence-electron chi connectivity index (χ2n) is 3.30. The fraction of sp³-hybridized carbons (Fsp3) is 0.800. The molecule has 0 aliphatic carbocycles. The molecule has 0 heterocycles. The third-order valence-electron chi connectivity index (χ3n) is 2.06. The lowest BCUT2D eigenvalue weighted by Gasteiger charge is -2.15. The zero-order valence-corrected chi connectivity index (χ0v) is 12.1. The van der Waals surface area contributed by atoms with E-state index in [2.05, 4.69) is 10.5 Å². The van der Waals surface area contributed by atoms with Gasteiger partial charge >= 0.3 is 5.97 Å². The molecule has 1 atom stereocenters. The van der Waals surface area contributed by atoms with Gasteiger partial charge in [0, 0.05) is 6.54 Å². The smallest absolute Gasteiger partial charge is 0.323 e. The second kappa shape index (κ2) is 16.4. The van der Waals surface area contributed by atoms with Crippen molar-refractivity contribution in [3.8, 4) is 0 Å². The molecule has 4 N–H and O–H groups in total. The summed E-state index contributed by atoms with van der Waals surface area (Å²) in [4.78, 5) is 11.5. The van der Waals surface area contributed by atoms with Crippen LogP contribution in [0.4, 0.5) is 0 Å². The van der Waals surface area contributed by atoms with E-state index in [1.54, 1.807) is 6.92 Å². The van der Waals surface area contributed by atoms with Gasteiger partial charge in [-0.15, -0.1) is 30.0 Å². The van der Waals surface area contributed by atoms with E-state index in [0.717, 1.165) is 12.8 Å². The van der Waals surface area contributed by atoms with Crippen molar-refractivity contribution in [2.24, 2.45) is 10.9 Å². The zero-order chi connectivity index (χ0) is 12.2. The Hall–Kier alpha value is -0.560. The van der Waals surface area contributed by atoms with Gasteiger partial charge in [0.15, 0.2) is 0 Å². The predicted molar refractivity (Wildman–Crippen MR) is 76.1 cm³/mol. The van der Waals surface area contributed by atoms with Gasteiger partial charge < -0.3 is 15.7 Å². The Bertz CT molecular complexity index is 219. The maximum atomic E-state index is 11.5. The van der Waals surface area contributed by atoms with Gasteiger partial charge in [0.1, 0.15) is 6.04 Å². The molecule has 0 unspecified atom stereocenters. The number of nitrogens with zero attached hydrogens (tertiary/aromatic N) is 1. The van der Waals surface area contributed by atoms with Crippen LogP contribution in [0.15, 0.2) is 5.16 Å². The lowest BCUT2D eigenvalue weighted by Crippen LogP contribution is -2.39. The number of esters is 1. The van der Waals surface area contributed by atoms with Crippen LogP contribution in [0.25, 0.3) is 0 Å². The van der Waals surface area contributed by atoms with E-state index in [1.807, 2.05) is 0 Å². The Morgan fingerprint density at radius 1 is 1.50 bits per heavy atom. The number of carbonyl (C=O) groups excluding carboxylic acids is 1. The van der Waals surface area contributed by atoms with E-state index in [-0.39, 0.29) is 36.8 Å². The summed E-state index contributed by atoms with van der Waals surface area (Å²) < 4.78 is 4.93. The number of ether oxygens (including phenoxy) is 1. The Balaban J connectivity index is -0.00000112. The molecule has 0 saturated heterocycles. The molecule has 0 bridgehead atoms. The molecule has 0 amide bonds. The number of hydrogen-bond acceptors (Lipinski definition) is 6. The highest BCUT2D eigenvalue weighted by Gasteiger charge is 2.17. The number of nitrogens with two attached hydrogens (primary N) is 1. The topological polar surface area (TPSA) is 96.9 Å². The van der Waals surface area contributed by atoms with Crippen LogP contribution in [-0.4, -0.2) is 43.1 Å². The molecule has 0 aliphatic rings. The van der Waals surface area contributed by atoms with Crippen molar-refractivity contribution in [2.75, 3.05) is 19.7 Å². The number of nitrogens with one attached hydrogen (secondary N) is 1. The summed E-state index contributed by atoms with van der Waals surface area (Å²) in [6, 6.07) is -0.357. The van der Waals surface area contributed by atoms with Crippen molar-refractivity contribution < 1.29 is 14.7 Å². The standard InChI is InChI=1S/C10H21N3O3.2ClH/c1-2-16-10(14)9(5-3-4-6-11)12-7-8-13-15;;/h8-9,12,15H,2-7,11H2,1H3;2*1H/t9-;;/m0../s1. The van der Waals surface area contributed by atoms with Crippen molar-refractivity contribution >= 4 is 37.0 Å². The van der Waals surface area contributed by atoms with Crippen LogP contribution in [0.2, 0.25) is 0 Å². The van der Waals surface area contributed by atoms with Gasteiger partial charge in [-0.1, -0.05) is 6.42 Å². The van der Waals surface area contributed by atoms with E-state index in [9.17, 15) is 4.79 Å². The molecule has 0 spiro atoms. The summed E-state index contributed by atoms with van der Waals surface area (Å²) >= 11 is 0. The average molecular weight is 304 g/mol. The van der Waals surface area contributed by atoms with Gasteiger partial charge in [0.2, 0.25) is 0 Å². The SMILES string of the molecule is CCOC(=O)[C@H](CCCCN)NCC=NO.Cl.Cl. The van der Waals surface area contributed by atoms with E-state index in [0.29, 0.717) is 26.1 Å². The molecule has 0 radical (unpaired) electrons. The van der Waals surface area contributed by atoms with Gasteiger partial charge in [0.25, 0.3) is 0 Å². The molecular weight excluding hydrogens is 281 g/mol. The number of hydrogen-bond donors (Lipinski definition) is 3. The molecule has 0 fully saturated rings. The third-order valence-corrected chi connectivity index (χ3v) is 2.06. The van der Waals surface area contributed by atoms with Crippen LogP contribution in [0.5, 0.6) is 0 Å². The van der Waals surface area contributed by atoms with Crippen LogP contribution < -0.4 is 11.1 Å². The van der Waals surface area contributed by atoms with E-state index in [1.165, 1.54) is 6.21 Å². The fourth-order valence-corrected chi connectivity index (χ4v) is 1.27. The molecule has 110 valence electrons. The van der Waals surface area contributed by atoms with Crippen molar-refractivity contribution in [1.82, 2.24) is 5.32 Å². The fourth-order valence-electron chi connectivity index (χ4n) is 1.27. The Kier molecular flexibility index (Phi) is 20.6. The van der Waals surface area contributed by atoms with Gasteiger partial charge in [-0.05, 0) is 26.3 Å². The summed E-state index contributed by atoms with van der Waals surface area (Å²) in [6.07, 6.45) is 3.71. The first-order valence-electron chi connectivity index (χ1n) is 5.52. The predicted octanol–water partition coefficient (Wildman–Crippen LogP) is 0.940. The third kappa shape index (κ3) is 11.9. The molecule has 0 aromatic heterocycles. The molecule has 6 nitrogen and oxygen atoms in total. The molecule has 8 heteroatoms. The largest absolute Gasteiger partial charge is 0.465 e. The number of oxime groups is 1. The number of halogens is 2. The molecule has 0 aromatic rings. The highest BCUT2D eigenvalue weighted by Crippen LogP contribution is 2.02. The lowest BCUT2D eigenvalue weighted by molar-refractivity contribution is -0.145. The summed E-state index contributed by atoms with van der Waals surface area (Å²) in [7, 11) is 0. The number of carbonyl (C=O) groups is 1. The quantitative estimate of drug-likeness (QED) is 0.194. The molecular formula is C10H23Cl2N3O3. The van der Waals surface area contributed by atoms with Gasteiger partial charge in [-0.25, -0.2) is 0 Å². The molecule has 0 rings (SSSR count). The monoisotopic (exact) mass is 303 g/mol. The first-order valence-corrected chi connectivity index (χ1v) is 5.52. The summed E-state index contributed by atoms with van der Waals surface area (Å²) in [5.41, 5.74) is 5.38. The molecule has 0 aliphatic heterocycles. The van der Waals surface area contributed by atoms with Crippen molar-refractivity contribution in [2.45, 2.75) is 32.2 Å². The normalized spacial score (nSPS) is 11.4. The highest BCUT2D eigenvalue weighted by atomic mass is 35.5. The number of unbranched alkanes of at least 4 members (excludes halogenated alkanes) is 1. The van der Waals surface area contributed by atoms with Crippen molar-refractivity contribution in [3.63, 3.8) is 0 Å². The molecule has 18 heavy (non-hydrogen) atoms. The minimum absolute atomic E-state index is 0. The Morgan fingerprint density at radius 2 is 2.17 bits per heavy atom. The lowest BCUT2D eigenvalue weighted by atomic mass is 10.1. The second-order valence-corrected chi connectivity index (χ2v) is 3.30. The first kappa shape index (κ1) is 22.6. The minimum Gasteiger partial charge on any atom is -0.465 e. The first-order chi connectivity index (χ1) is 7.76. The molecule has 0 aromatic carbocycles. The van der Waals surface area contributed by atoms with Crippen LogP contribution in [0.3, 0.4) is 0 Å². The van der Waals surface area contributed by atoms with Crippen molar-refractivity contribution in [3.05, 3.63) is 0 Å². The zero-order valence-electron chi connectivity index (χ0n) is 10.5. The Morgan fingerprint density at radius 3 is 2.67 bits per heavy atom. The van der Waals surface area contributed by atoms with Gasteiger partial charge in [0.05, 0.1) is 12.8 Å². The minimum atomic E-state index is -0.357.